The average molecular weight is 613 g/mol. The first-order valence-electron chi connectivity index (χ1n) is 16.2. The van der Waals surface area contributed by atoms with Gasteiger partial charge >= 0.3 is 0 Å². The van der Waals surface area contributed by atoms with Crippen LogP contribution in [0.25, 0.3) is 39.3 Å². The van der Waals surface area contributed by atoms with Crippen LogP contribution in [0.1, 0.15) is 41.6 Å². The fraction of sp³-hybridized carbons (Fsp3) is 0.333. The molecule has 4 aromatic heterocycles. The molecule has 2 bridgehead atoms. The zero-order valence-electron chi connectivity index (χ0n) is 25.8. The van der Waals surface area contributed by atoms with Crippen molar-refractivity contribution in [3.05, 3.63) is 90.4 Å². The number of carbonyl (C=O) groups excluding carboxylic acids is 1. The van der Waals surface area contributed by atoms with Crippen molar-refractivity contribution >= 4 is 27.8 Å². The number of para-hydroxylation sites is 1. The number of nitrogens with two attached hydrogens (primary N) is 1. The van der Waals surface area contributed by atoms with Gasteiger partial charge in [-0.15, -0.1) is 0 Å². The molecule has 2 N–H and O–H groups in total. The highest BCUT2D eigenvalue weighted by molar-refractivity contribution is 6.00. The highest BCUT2D eigenvalue weighted by Gasteiger charge is 2.47. The number of fused-ring (bicyclic) bond motifs is 4. The van der Waals surface area contributed by atoms with E-state index in [2.05, 4.69) is 49.5 Å². The van der Waals surface area contributed by atoms with Gasteiger partial charge in [0, 0.05) is 59.6 Å². The number of pyridine rings is 1. The molecule has 232 valence electrons. The van der Waals surface area contributed by atoms with Gasteiger partial charge in [-0.2, -0.15) is 5.10 Å². The molecule has 2 aliphatic carbocycles. The topological polar surface area (TPSA) is 109 Å². The molecule has 3 atom stereocenters. The number of aromatic nitrogens is 6. The first kappa shape index (κ1) is 27.4. The maximum absolute atomic E-state index is 13.9. The van der Waals surface area contributed by atoms with E-state index in [0.29, 0.717) is 36.2 Å². The number of hydrogen-bond acceptors (Lipinski definition) is 6. The predicted molar refractivity (Wildman–Crippen MR) is 176 cm³/mol. The molecule has 46 heavy (non-hydrogen) atoms. The van der Waals surface area contributed by atoms with E-state index in [-0.39, 0.29) is 18.0 Å². The Morgan fingerprint density at radius 3 is 2.65 bits per heavy atom. The zero-order chi connectivity index (χ0) is 30.9. The second kappa shape index (κ2) is 10.6. The zero-order valence-corrected chi connectivity index (χ0v) is 25.8. The Bertz CT molecular complexity index is 2110. The molecule has 2 aromatic carbocycles. The maximum Gasteiger partial charge on any atom is 0.254 e. The lowest BCUT2D eigenvalue weighted by Crippen LogP contribution is -2.41. The fourth-order valence-electron chi connectivity index (χ4n) is 7.70. The number of hydrogen-bond donors (Lipinski definition) is 1. The van der Waals surface area contributed by atoms with E-state index in [0.717, 1.165) is 53.3 Å². The summed E-state index contributed by atoms with van der Waals surface area (Å²) in [6.45, 7) is 2.17. The molecule has 3 fully saturated rings. The molecule has 1 amide bonds. The average Bonchev–Trinajstić information content (AvgIpc) is 3.40. The maximum atomic E-state index is 13.9. The van der Waals surface area contributed by atoms with E-state index in [1.807, 2.05) is 47.6 Å². The molecular formula is C36H36N8O2. The van der Waals surface area contributed by atoms with E-state index in [1.54, 1.807) is 18.0 Å². The number of rotatable bonds is 8. The van der Waals surface area contributed by atoms with Crippen molar-refractivity contribution in [2.45, 2.75) is 50.9 Å². The van der Waals surface area contributed by atoms with E-state index in [1.165, 1.54) is 23.7 Å². The van der Waals surface area contributed by atoms with Gasteiger partial charge in [0.1, 0.15) is 11.3 Å². The summed E-state index contributed by atoms with van der Waals surface area (Å²) in [5.41, 5.74) is 11.9. The van der Waals surface area contributed by atoms with Crippen LogP contribution >= 0.6 is 0 Å². The van der Waals surface area contributed by atoms with E-state index in [4.69, 9.17) is 15.5 Å². The van der Waals surface area contributed by atoms with E-state index >= 15 is 0 Å². The van der Waals surface area contributed by atoms with Gasteiger partial charge in [-0.25, -0.2) is 14.6 Å². The molecule has 10 heteroatoms. The summed E-state index contributed by atoms with van der Waals surface area (Å²) in [7, 11) is 1.66. The summed E-state index contributed by atoms with van der Waals surface area (Å²) >= 11 is 0. The Morgan fingerprint density at radius 1 is 1.02 bits per heavy atom. The Hall–Kier alpha value is -4.96. The first-order valence-corrected chi connectivity index (χ1v) is 16.2. The number of ether oxygens (including phenoxy) is 1. The predicted octanol–water partition coefficient (Wildman–Crippen LogP) is 5.27. The number of piperidine rings is 1. The van der Waals surface area contributed by atoms with Gasteiger partial charge < -0.3 is 24.5 Å². The molecule has 3 unspecified atom stereocenters. The van der Waals surface area contributed by atoms with Crippen LogP contribution in [0.2, 0.25) is 0 Å². The third-order valence-corrected chi connectivity index (χ3v) is 10.2. The quantitative estimate of drug-likeness (QED) is 0.251. The largest absolute Gasteiger partial charge is 0.494 e. The standard InChI is InChI=1S/C36H36N8O2/c1-46-31-16-26(36(45)42-21-25-11-12-29(42)33(25)37)14-27-34(31)43(19-23-17-39-44(20-23)32-8-4-5-13-38-32)35(40-27)30-15-24-6-2-3-7-28(24)41(30)18-22-9-10-22/h2-8,13-17,20,22,25,29,33H,9-12,18-19,21,37H2,1H3. The van der Waals surface area contributed by atoms with Crippen LogP contribution in [0, 0.1) is 11.8 Å². The lowest BCUT2D eigenvalue weighted by Gasteiger charge is -2.27. The van der Waals surface area contributed by atoms with Crippen LogP contribution in [0.4, 0.5) is 0 Å². The molecule has 9 rings (SSSR count). The van der Waals surface area contributed by atoms with Gasteiger partial charge in [0.25, 0.3) is 5.91 Å². The van der Waals surface area contributed by atoms with Gasteiger partial charge in [0.15, 0.2) is 11.6 Å². The minimum Gasteiger partial charge on any atom is -0.494 e. The van der Waals surface area contributed by atoms with Crippen molar-refractivity contribution in [1.82, 2.24) is 33.8 Å². The van der Waals surface area contributed by atoms with Crippen LogP contribution < -0.4 is 10.5 Å². The minimum atomic E-state index is -0.00145. The first-order chi connectivity index (χ1) is 22.6. The third-order valence-electron chi connectivity index (χ3n) is 10.2. The van der Waals surface area contributed by atoms with Gasteiger partial charge in [0.05, 0.1) is 31.1 Å². The second-order valence-corrected chi connectivity index (χ2v) is 13.1. The normalized spacial score (nSPS) is 20.7. The van der Waals surface area contributed by atoms with Crippen molar-refractivity contribution in [2.24, 2.45) is 17.6 Å². The van der Waals surface area contributed by atoms with Crippen LogP contribution in [-0.4, -0.2) is 65.4 Å². The van der Waals surface area contributed by atoms with Crippen LogP contribution in [0.3, 0.4) is 0 Å². The fourth-order valence-corrected chi connectivity index (χ4v) is 7.70. The Morgan fingerprint density at radius 2 is 1.89 bits per heavy atom. The molecule has 0 spiro atoms. The number of benzene rings is 2. The number of amides is 1. The summed E-state index contributed by atoms with van der Waals surface area (Å²) < 4.78 is 12.5. The molecule has 3 aliphatic rings. The second-order valence-electron chi connectivity index (χ2n) is 13.1. The summed E-state index contributed by atoms with van der Waals surface area (Å²) in [4.78, 5) is 25.7. The summed E-state index contributed by atoms with van der Waals surface area (Å²) in [5, 5.41) is 5.81. The third kappa shape index (κ3) is 4.42. The monoisotopic (exact) mass is 612 g/mol. The van der Waals surface area contributed by atoms with Gasteiger partial charge in [0.2, 0.25) is 0 Å². The van der Waals surface area contributed by atoms with Crippen molar-refractivity contribution in [3.8, 4) is 23.1 Å². The lowest BCUT2D eigenvalue weighted by atomic mass is 10.1. The van der Waals surface area contributed by atoms with E-state index < -0.39 is 0 Å². The lowest BCUT2D eigenvalue weighted by molar-refractivity contribution is 0.0700. The molecule has 10 nitrogen and oxygen atoms in total. The number of carbonyl (C=O) groups is 1. The summed E-state index contributed by atoms with van der Waals surface area (Å²) in [6, 6.07) is 20.5. The van der Waals surface area contributed by atoms with Crippen LogP contribution in [0.5, 0.6) is 5.75 Å². The van der Waals surface area contributed by atoms with Gasteiger partial charge in [-0.1, -0.05) is 24.3 Å². The molecule has 1 saturated heterocycles. The van der Waals surface area contributed by atoms with Crippen molar-refractivity contribution < 1.29 is 9.53 Å². The number of nitrogens with zero attached hydrogens (tertiary/aromatic N) is 7. The van der Waals surface area contributed by atoms with Crippen LogP contribution in [0.15, 0.2) is 79.3 Å². The molecule has 6 aromatic rings. The van der Waals surface area contributed by atoms with Gasteiger partial charge in [-0.05, 0) is 73.9 Å². The highest BCUT2D eigenvalue weighted by atomic mass is 16.5. The Labute approximate surface area is 266 Å². The Kier molecular flexibility index (Phi) is 6.28. The Balaban J connectivity index is 1.20. The van der Waals surface area contributed by atoms with Gasteiger partial charge in [-0.3, -0.25) is 4.79 Å². The summed E-state index contributed by atoms with van der Waals surface area (Å²) in [5.74, 6) is 3.26. The van der Waals surface area contributed by atoms with Crippen molar-refractivity contribution in [2.75, 3.05) is 13.7 Å². The molecule has 5 heterocycles. The van der Waals surface area contributed by atoms with Crippen molar-refractivity contribution in [1.29, 1.82) is 0 Å². The summed E-state index contributed by atoms with van der Waals surface area (Å²) in [6.07, 6.45) is 10.2. The SMILES string of the molecule is COc1cc(C(=O)N2CC3CCC2C3N)cc2nc(-c3cc4ccccc4n3CC3CC3)n(Cc3cnn(-c4ccccn4)c3)c12. The number of likely N-dealkylation sites (tertiary alicyclic amines) is 1. The molecule has 1 aliphatic heterocycles. The number of methoxy groups -OCH3 is 1. The molecule has 0 radical (unpaired) electrons. The van der Waals surface area contributed by atoms with Crippen molar-refractivity contribution in [3.63, 3.8) is 0 Å². The van der Waals surface area contributed by atoms with Crippen LogP contribution in [-0.2, 0) is 13.1 Å². The van der Waals surface area contributed by atoms with E-state index in [9.17, 15) is 4.79 Å². The molecular weight excluding hydrogens is 576 g/mol. The smallest absolute Gasteiger partial charge is 0.254 e. The number of imidazole rings is 1. The molecule has 2 saturated carbocycles. The minimum absolute atomic E-state index is 0.00145. The highest BCUT2D eigenvalue weighted by Crippen LogP contribution is 2.40.